The van der Waals surface area contributed by atoms with E-state index in [2.05, 4.69) is 27.8 Å². The fraction of sp³-hybridized carbons (Fsp3) is 0.0952. The first kappa shape index (κ1) is 20.4. The van der Waals surface area contributed by atoms with Crippen LogP contribution >= 0.6 is 12.6 Å². The van der Waals surface area contributed by atoms with Crippen molar-refractivity contribution in [2.24, 2.45) is 0 Å². The summed E-state index contributed by atoms with van der Waals surface area (Å²) >= 11 is 4.31. The molecule has 2 amide bonds. The Morgan fingerprint density at radius 3 is 2.66 bits per heavy atom. The van der Waals surface area contributed by atoms with Gasteiger partial charge in [0.2, 0.25) is 0 Å². The number of carbonyl (C=O) groups excluding carboxylic acids is 2. The number of hydrogen-bond donors (Lipinski definition) is 3. The summed E-state index contributed by atoms with van der Waals surface area (Å²) in [7, 11) is 1.53. The zero-order valence-electron chi connectivity index (χ0n) is 15.6. The monoisotopic (exact) mass is 409 g/mol. The van der Waals surface area contributed by atoms with Gasteiger partial charge in [-0.25, -0.2) is 5.26 Å². The van der Waals surface area contributed by atoms with E-state index in [1.54, 1.807) is 42.7 Å². The average molecular weight is 409 g/mol. The van der Waals surface area contributed by atoms with Crippen LogP contribution in [0.5, 0.6) is 5.75 Å². The van der Waals surface area contributed by atoms with Crippen molar-refractivity contribution in [3.63, 3.8) is 0 Å². The molecule has 1 aromatic heterocycles. The molecule has 0 saturated carbocycles. The molecule has 148 valence electrons. The smallest absolute Gasteiger partial charge is 0.259 e. The molecule has 0 radical (unpaired) electrons. The summed E-state index contributed by atoms with van der Waals surface area (Å²) in [5.41, 5.74) is 1.79. The zero-order valence-corrected chi connectivity index (χ0v) is 16.5. The Bertz CT molecular complexity index is 1030. The minimum Gasteiger partial charge on any atom is -0.348 e. The van der Waals surface area contributed by atoms with Crippen LogP contribution in [0.25, 0.3) is 0 Å². The van der Waals surface area contributed by atoms with Gasteiger partial charge in [-0.15, -0.1) is 12.6 Å². The number of anilines is 1. The van der Waals surface area contributed by atoms with Crippen LogP contribution in [0.15, 0.2) is 71.9 Å². The summed E-state index contributed by atoms with van der Waals surface area (Å²) in [4.78, 5) is 35.6. The Kier molecular flexibility index (Phi) is 6.48. The third kappa shape index (κ3) is 4.74. The average Bonchev–Trinajstić information content (AvgIpc) is 2.77. The molecule has 2 N–H and O–H groups in total. The Hall–Kier alpha value is -3.36. The molecule has 0 aliphatic heterocycles. The number of aromatic nitrogens is 1. The third-order valence-corrected chi connectivity index (χ3v) is 4.69. The second-order valence-electron chi connectivity index (χ2n) is 6.20. The molecule has 0 fully saturated rings. The molecule has 7 nitrogen and oxygen atoms in total. The van der Waals surface area contributed by atoms with Crippen molar-refractivity contribution >= 4 is 30.1 Å². The number of amides is 2. The lowest BCUT2D eigenvalue weighted by molar-refractivity contribution is -0.137. The lowest BCUT2D eigenvalue weighted by Crippen LogP contribution is -2.28. The minimum absolute atomic E-state index is 0.0429. The quantitative estimate of drug-likeness (QED) is 0.330. The summed E-state index contributed by atoms with van der Waals surface area (Å²) in [6.07, 6.45) is 3.32. The summed E-state index contributed by atoms with van der Waals surface area (Å²) in [5, 5.41) is 12.0. The molecule has 0 atom stereocenters. The summed E-state index contributed by atoms with van der Waals surface area (Å²) in [5.74, 6) is -0.654. The number of pyridine rings is 1. The number of nitrogens with one attached hydrogen (secondary N) is 1. The van der Waals surface area contributed by atoms with Crippen LogP contribution in [0.1, 0.15) is 26.3 Å². The van der Waals surface area contributed by atoms with Crippen LogP contribution in [0, 0.1) is 0 Å². The van der Waals surface area contributed by atoms with Crippen LogP contribution in [0.2, 0.25) is 0 Å². The standard InChI is InChI=1S/C21H19N3O4S/c1-24(21(26)16-6-2-3-7-19(16)29)17-11-15(8-9-18(17)28-27)20(25)23-13-14-5-4-10-22-12-14/h2-12,27,29H,13H2,1H3,(H,23,25). The van der Waals surface area contributed by atoms with Gasteiger partial charge >= 0.3 is 0 Å². The van der Waals surface area contributed by atoms with Gasteiger partial charge in [0.1, 0.15) is 0 Å². The van der Waals surface area contributed by atoms with Crippen molar-refractivity contribution in [2.75, 3.05) is 11.9 Å². The molecule has 0 spiro atoms. The topological polar surface area (TPSA) is 91.8 Å². The maximum Gasteiger partial charge on any atom is 0.259 e. The number of hydrogen-bond acceptors (Lipinski definition) is 6. The van der Waals surface area contributed by atoms with Crippen molar-refractivity contribution in [3.8, 4) is 5.75 Å². The lowest BCUT2D eigenvalue weighted by Gasteiger charge is -2.20. The van der Waals surface area contributed by atoms with Crippen LogP contribution in [-0.4, -0.2) is 29.1 Å². The Balaban J connectivity index is 1.83. The Labute approximate surface area is 173 Å². The molecule has 2 aromatic carbocycles. The first-order valence-corrected chi connectivity index (χ1v) is 9.14. The molecule has 0 bridgehead atoms. The van der Waals surface area contributed by atoms with E-state index in [9.17, 15) is 14.8 Å². The zero-order chi connectivity index (χ0) is 20.8. The van der Waals surface area contributed by atoms with E-state index >= 15 is 0 Å². The van der Waals surface area contributed by atoms with Gasteiger partial charge in [-0.3, -0.25) is 14.6 Å². The molecule has 1 heterocycles. The first-order valence-electron chi connectivity index (χ1n) is 8.70. The van der Waals surface area contributed by atoms with E-state index in [-0.39, 0.29) is 23.3 Å². The molecule has 0 aliphatic carbocycles. The predicted octanol–water partition coefficient (Wildman–Crippen LogP) is 3.43. The highest BCUT2D eigenvalue weighted by molar-refractivity contribution is 7.80. The molecule has 3 aromatic rings. The number of carbonyl (C=O) groups is 2. The highest BCUT2D eigenvalue weighted by Crippen LogP contribution is 2.30. The van der Waals surface area contributed by atoms with Crippen LogP contribution in [0.4, 0.5) is 5.69 Å². The van der Waals surface area contributed by atoms with Crippen molar-refractivity contribution in [1.82, 2.24) is 10.3 Å². The largest absolute Gasteiger partial charge is 0.348 e. The second kappa shape index (κ2) is 9.22. The van der Waals surface area contributed by atoms with Crippen molar-refractivity contribution in [1.29, 1.82) is 0 Å². The van der Waals surface area contributed by atoms with E-state index in [1.165, 1.54) is 30.1 Å². The van der Waals surface area contributed by atoms with Gasteiger partial charge in [-0.2, -0.15) is 0 Å². The molecular weight excluding hydrogens is 390 g/mol. The van der Waals surface area contributed by atoms with Gasteiger partial charge in [0.25, 0.3) is 11.8 Å². The van der Waals surface area contributed by atoms with Gasteiger partial charge in [-0.05, 0) is 42.0 Å². The maximum atomic E-state index is 12.9. The molecule has 0 saturated heterocycles. The van der Waals surface area contributed by atoms with Crippen LogP contribution in [-0.2, 0) is 6.54 Å². The van der Waals surface area contributed by atoms with Crippen LogP contribution < -0.4 is 15.1 Å². The van der Waals surface area contributed by atoms with Gasteiger partial charge < -0.3 is 15.1 Å². The molecule has 8 heteroatoms. The van der Waals surface area contributed by atoms with Gasteiger partial charge in [-0.1, -0.05) is 18.2 Å². The van der Waals surface area contributed by atoms with Gasteiger partial charge in [0, 0.05) is 36.4 Å². The predicted molar refractivity (Wildman–Crippen MR) is 112 cm³/mol. The first-order chi connectivity index (χ1) is 14.0. The lowest BCUT2D eigenvalue weighted by atomic mass is 10.1. The third-order valence-electron chi connectivity index (χ3n) is 4.30. The Morgan fingerprint density at radius 1 is 1.17 bits per heavy atom. The summed E-state index contributed by atoms with van der Waals surface area (Å²) in [6, 6.07) is 14.9. The van der Waals surface area contributed by atoms with E-state index < -0.39 is 0 Å². The second-order valence-corrected chi connectivity index (χ2v) is 6.68. The summed E-state index contributed by atoms with van der Waals surface area (Å²) < 4.78 is 0. The van der Waals surface area contributed by atoms with Gasteiger partial charge in [0.05, 0.1) is 11.3 Å². The van der Waals surface area contributed by atoms with Crippen molar-refractivity contribution in [2.45, 2.75) is 11.4 Å². The molecule has 3 rings (SSSR count). The number of rotatable bonds is 6. The minimum atomic E-state index is -0.359. The number of thiol groups is 1. The maximum absolute atomic E-state index is 12.9. The molecule has 0 unspecified atom stereocenters. The number of nitrogens with zero attached hydrogens (tertiary/aromatic N) is 2. The van der Waals surface area contributed by atoms with Crippen molar-refractivity contribution in [3.05, 3.63) is 83.7 Å². The van der Waals surface area contributed by atoms with Crippen LogP contribution in [0.3, 0.4) is 0 Å². The molecular formula is C21H19N3O4S. The fourth-order valence-electron chi connectivity index (χ4n) is 2.73. The SMILES string of the molecule is CN(C(=O)c1ccccc1S)c1cc(C(=O)NCc2cccnc2)ccc1OO. The Morgan fingerprint density at radius 2 is 1.97 bits per heavy atom. The van der Waals surface area contributed by atoms with E-state index in [4.69, 9.17) is 0 Å². The summed E-state index contributed by atoms with van der Waals surface area (Å²) in [6.45, 7) is 0.308. The van der Waals surface area contributed by atoms with Gasteiger partial charge in [0.15, 0.2) is 5.75 Å². The highest BCUT2D eigenvalue weighted by Gasteiger charge is 2.21. The number of benzene rings is 2. The molecule has 0 aliphatic rings. The molecule has 29 heavy (non-hydrogen) atoms. The normalized spacial score (nSPS) is 10.3. The highest BCUT2D eigenvalue weighted by atomic mass is 32.1. The van der Waals surface area contributed by atoms with E-state index in [1.807, 2.05) is 6.07 Å². The fourth-order valence-corrected chi connectivity index (χ4v) is 2.99. The van der Waals surface area contributed by atoms with Crippen molar-refractivity contribution < 1.29 is 19.7 Å². The van der Waals surface area contributed by atoms with E-state index in [0.717, 1.165) is 5.56 Å². The van der Waals surface area contributed by atoms with E-state index in [0.29, 0.717) is 22.6 Å².